The van der Waals surface area contributed by atoms with Crippen molar-refractivity contribution < 1.29 is 14.6 Å². The molecule has 0 aliphatic rings. The molecule has 0 bridgehead atoms. The maximum Gasteiger partial charge on any atom is 0.269 e. The molecule has 0 aliphatic carbocycles. The SMILES string of the molecule is CC(C)(OC(C)(C)c1ccc([N+](=O)[O-])cc1)c1ccc([N+](=O)[O-])cc1. The Labute approximate surface area is 145 Å². The van der Waals surface area contributed by atoms with Gasteiger partial charge in [-0.1, -0.05) is 0 Å². The number of rotatable bonds is 6. The molecule has 0 radical (unpaired) electrons. The molecule has 0 spiro atoms. The molecule has 132 valence electrons. The van der Waals surface area contributed by atoms with Gasteiger partial charge in [-0.05, 0) is 63.1 Å². The minimum Gasteiger partial charge on any atom is -0.360 e. The van der Waals surface area contributed by atoms with E-state index < -0.39 is 21.0 Å². The predicted octanol–water partition coefficient (Wildman–Crippen LogP) is 4.69. The third kappa shape index (κ3) is 4.19. The number of nitrogens with zero attached hydrogens (tertiary/aromatic N) is 2. The number of nitro groups is 2. The molecule has 7 heteroatoms. The van der Waals surface area contributed by atoms with Crippen molar-refractivity contribution in [3.63, 3.8) is 0 Å². The van der Waals surface area contributed by atoms with Gasteiger partial charge in [-0.2, -0.15) is 0 Å². The van der Waals surface area contributed by atoms with E-state index in [1.165, 1.54) is 24.3 Å². The van der Waals surface area contributed by atoms with Crippen LogP contribution in [0.2, 0.25) is 0 Å². The Hall–Kier alpha value is -2.80. The average Bonchev–Trinajstić information content (AvgIpc) is 2.54. The Morgan fingerprint density at radius 3 is 1.20 bits per heavy atom. The lowest BCUT2D eigenvalue weighted by atomic mass is 9.93. The van der Waals surface area contributed by atoms with Crippen molar-refractivity contribution in [3.05, 3.63) is 79.9 Å². The average molecular weight is 344 g/mol. The third-order valence-corrected chi connectivity index (χ3v) is 4.06. The maximum atomic E-state index is 10.8. The molecule has 0 unspecified atom stereocenters. The molecule has 25 heavy (non-hydrogen) atoms. The lowest BCUT2D eigenvalue weighted by Crippen LogP contribution is -2.33. The minimum atomic E-state index is -0.708. The standard InChI is InChI=1S/C18H20N2O5/c1-17(2,13-5-9-15(10-6-13)19(21)22)25-18(3,4)14-7-11-16(12-8-14)20(23)24/h5-12H,1-4H3. The van der Waals surface area contributed by atoms with Crippen molar-refractivity contribution in [2.24, 2.45) is 0 Å². The fourth-order valence-corrected chi connectivity index (χ4v) is 2.72. The molecule has 7 nitrogen and oxygen atoms in total. The molecular weight excluding hydrogens is 324 g/mol. The van der Waals surface area contributed by atoms with Crippen LogP contribution in [-0.4, -0.2) is 9.85 Å². The van der Waals surface area contributed by atoms with E-state index in [0.29, 0.717) is 0 Å². The molecule has 0 amide bonds. The fourth-order valence-electron chi connectivity index (χ4n) is 2.72. The maximum absolute atomic E-state index is 10.8. The lowest BCUT2D eigenvalue weighted by Gasteiger charge is -2.37. The van der Waals surface area contributed by atoms with Gasteiger partial charge in [0, 0.05) is 24.3 Å². The number of non-ortho nitro benzene ring substituents is 2. The molecule has 2 aromatic carbocycles. The van der Waals surface area contributed by atoms with Gasteiger partial charge in [0.25, 0.3) is 11.4 Å². The van der Waals surface area contributed by atoms with Crippen molar-refractivity contribution in [2.45, 2.75) is 38.9 Å². The van der Waals surface area contributed by atoms with Crippen LogP contribution >= 0.6 is 0 Å². The molecule has 2 aromatic rings. The second-order valence-corrected chi connectivity index (χ2v) is 6.73. The molecule has 0 aliphatic heterocycles. The van der Waals surface area contributed by atoms with E-state index in [1.54, 1.807) is 24.3 Å². The summed E-state index contributed by atoms with van der Waals surface area (Å²) in [5.41, 5.74) is 0.227. The first kappa shape index (κ1) is 18.5. The van der Waals surface area contributed by atoms with Crippen LogP contribution in [0.4, 0.5) is 11.4 Å². The highest BCUT2D eigenvalue weighted by molar-refractivity contribution is 5.37. The van der Waals surface area contributed by atoms with E-state index in [2.05, 4.69) is 0 Å². The second kappa shape index (κ2) is 6.60. The van der Waals surface area contributed by atoms with Crippen LogP contribution in [0.15, 0.2) is 48.5 Å². The first-order valence-electron chi connectivity index (χ1n) is 7.73. The Bertz CT molecular complexity index is 713. The zero-order chi connectivity index (χ0) is 18.8. The van der Waals surface area contributed by atoms with Gasteiger partial charge in [0.15, 0.2) is 0 Å². The minimum absolute atomic E-state index is 0.0224. The van der Waals surface area contributed by atoms with Crippen molar-refractivity contribution in [1.82, 2.24) is 0 Å². The summed E-state index contributed by atoms with van der Waals surface area (Å²) in [5, 5.41) is 21.6. The summed E-state index contributed by atoms with van der Waals surface area (Å²) < 4.78 is 6.26. The molecule has 0 saturated heterocycles. The molecule has 0 fully saturated rings. The summed E-state index contributed by atoms with van der Waals surface area (Å²) in [5.74, 6) is 0. The second-order valence-electron chi connectivity index (χ2n) is 6.73. The predicted molar refractivity (Wildman–Crippen MR) is 93.3 cm³/mol. The Morgan fingerprint density at radius 1 is 0.680 bits per heavy atom. The molecular formula is C18H20N2O5. The first-order valence-corrected chi connectivity index (χ1v) is 7.73. The van der Waals surface area contributed by atoms with E-state index in [1.807, 2.05) is 27.7 Å². The van der Waals surface area contributed by atoms with E-state index >= 15 is 0 Å². The van der Waals surface area contributed by atoms with Crippen LogP contribution in [0.25, 0.3) is 0 Å². The van der Waals surface area contributed by atoms with Gasteiger partial charge in [0.05, 0.1) is 21.0 Å². The van der Waals surface area contributed by atoms with E-state index in [4.69, 9.17) is 4.74 Å². The zero-order valence-electron chi connectivity index (χ0n) is 14.6. The van der Waals surface area contributed by atoms with Crippen molar-refractivity contribution in [2.75, 3.05) is 0 Å². The van der Waals surface area contributed by atoms with Gasteiger partial charge >= 0.3 is 0 Å². The summed E-state index contributed by atoms with van der Waals surface area (Å²) in [6.45, 7) is 7.51. The number of benzene rings is 2. The van der Waals surface area contributed by atoms with Gasteiger partial charge in [-0.15, -0.1) is 0 Å². The van der Waals surface area contributed by atoms with E-state index in [0.717, 1.165) is 11.1 Å². The Kier molecular flexibility index (Phi) is 4.89. The summed E-state index contributed by atoms with van der Waals surface area (Å²) >= 11 is 0. The van der Waals surface area contributed by atoms with Crippen LogP contribution in [0.1, 0.15) is 38.8 Å². The molecule has 0 saturated carbocycles. The molecule has 0 N–H and O–H groups in total. The van der Waals surface area contributed by atoms with E-state index in [-0.39, 0.29) is 11.4 Å². The largest absolute Gasteiger partial charge is 0.360 e. The molecule has 0 aromatic heterocycles. The molecule has 0 atom stereocenters. The quantitative estimate of drug-likeness (QED) is 0.559. The smallest absolute Gasteiger partial charge is 0.269 e. The lowest BCUT2D eigenvalue weighted by molar-refractivity contribution is -0.385. The van der Waals surface area contributed by atoms with E-state index in [9.17, 15) is 20.2 Å². The van der Waals surface area contributed by atoms with Crippen LogP contribution in [0.5, 0.6) is 0 Å². The highest BCUT2D eigenvalue weighted by Gasteiger charge is 2.32. The highest BCUT2D eigenvalue weighted by Crippen LogP contribution is 2.36. The van der Waals surface area contributed by atoms with Gasteiger partial charge in [0.2, 0.25) is 0 Å². The van der Waals surface area contributed by atoms with Crippen LogP contribution < -0.4 is 0 Å². The fraction of sp³-hybridized carbons (Fsp3) is 0.333. The van der Waals surface area contributed by atoms with Gasteiger partial charge in [-0.25, -0.2) is 0 Å². The van der Waals surface area contributed by atoms with Crippen molar-refractivity contribution in [1.29, 1.82) is 0 Å². The Morgan fingerprint density at radius 2 is 0.960 bits per heavy atom. The third-order valence-electron chi connectivity index (χ3n) is 4.06. The van der Waals surface area contributed by atoms with Gasteiger partial charge in [-0.3, -0.25) is 20.2 Å². The van der Waals surface area contributed by atoms with Gasteiger partial charge in [0.1, 0.15) is 0 Å². The van der Waals surface area contributed by atoms with Crippen LogP contribution in [-0.2, 0) is 15.9 Å². The number of hydrogen-bond donors (Lipinski definition) is 0. The number of ether oxygens (including phenoxy) is 1. The van der Waals surface area contributed by atoms with Crippen molar-refractivity contribution >= 4 is 11.4 Å². The van der Waals surface area contributed by atoms with Crippen LogP contribution in [0.3, 0.4) is 0 Å². The number of nitro benzene ring substituents is 2. The molecule has 2 rings (SSSR count). The first-order chi connectivity index (χ1) is 11.5. The van der Waals surface area contributed by atoms with Crippen LogP contribution in [0, 0.1) is 20.2 Å². The monoisotopic (exact) mass is 344 g/mol. The summed E-state index contributed by atoms with van der Waals surface area (Å²) in [6, 6.07) is 12.5. The number of hydrogen-bond acceptors (Lipinski definition) is 5. The van der Waals surface area contributed by atoms with Gasteiger partial charge < -0.3 is 4.74 Å². The molecule has 0 heterocycles. The highest BCUT2D eigenvalue weighted by atomic mass is 16.6. The van der Waals surface area contributed by atoms with Crippen molar-refractivity contribution in [3.8, 4) is 0 Å². The summed E-state index contributed by atoms with van der Waals surface area (Å²) in [6.07, 6.45) is 0. The normalized spacial score (nSPS) is 12.0. The zero-order valence-corrected chi connectivity index (χ0v) is 14.6. The topological polar surface area (TPSA) is 95.5 Å². The Balaban J connectivity index is 2.24. The summed E-state index contributed by atoms with van der Waals surface area (Å²) in [7, 11) is 0. The summed E-state index contributed by atoms with van der Waals surface area (Å²) in [4.78, 5) is 20.7.